The fourth-order valence-corrected chi connectivity index (χ4v) is 8.09. The molecule has 0 spiro atoms. The molecular weight excluding hydrogens is 899 g/mol. The Hall–Kier alpha value is -5.91. The molecule has 1 aliphatic carbocycles. The van der Waals surface area contributed by atoms with Crippen molar-refractivity contribution in [2.45, 2.75) is 158 Å². The zero-order chi connectivity index (χ0) is 51.0. The number of benzene rings is 3. The minimum atomic E-state index is 0.485. The van der Waals surface area contributed by atoms with Crippen LogP contribution in [0.25, 0.3) is 6.08 Å². The van der Waals surface area contributed by atoms with Crippen LogP contribution in [0.3, 0.4) is 0 Å². The second-order valence-electron chi connectivity index (χ2n) is 19.5. The van der Waals surface area contributed by atoms with Gasteiger partial charge in [-0.25, -0.2) is 4.98 Å². The largest absolute Gasteiger partial charge is 0.288 e. The highest BCUT2D eigenvalue weighted by molar-refractivity contribution is 7.09. The van der Waals surface area contributed by atoms with E-state index in [1.165, 1.54) is 60.6 Å². The zero-order valence-electron chi connectivity index (χ0n) is 44.2. The summed E-state index contributed by atoms with van der Waals surface area (Å²) < 4.78 is 0. The van der Waals surface area contributed by atoms with Gasteiger partial charge in [0.2, 0.25) is 0 Å². The fraction of sp³-hybridized carbons (Fsp3) is 0.407. The molecule has 3 aromatic carbocycles. The Balaban J connectivity index is 0.000000179. The molecule has 0 atom stereocenters. The number of allylic oxidation sites excluding steroid dienone is 1. The number of hydrogen-bond donors (Lipinski definition) is 0. The molecule has 0 radical (unpaired) electrons. The van der Waals surface area contributed by atoms with Crippen molar-refractivity contribution in [2.24, 2.45) is 15.2 Å². The molecule has 7 aromatic rings. The maximum Gasteiger partial charge on any atom is 0.0906 e. The number of nitrogens with zero attached hydrogens (tertiary/aromatic N) is 9. The van der Waals surface area contributed by atoms with E-state index in [1.54, 1.807) is 41.3 Å². The second kappa shape index (κ2) is 30.0. The van der Waals surface area contributed by atoms with Crippen molar-refractivity contribution < 1.29 is 0 Å². The lowest BCUT2D eigenvalue weighted by atomic mass is 9.99. The Morgan fingerprint density at radius 2 is 1.16 bits per heavy atom. The van der Waals surface area contributed by atoms with E-state index >= 15 is 0 Å². The van der Waals surface area contributed by atoms with Gasteiger partial charge in [-0.05, 0) is 123 Å². The Kier molecular flexibility index (Phi) is 24.3. The molecule has 10 rings (SSSR count). The van der Waals surface area contributed by atoms with Crippen molar-refractivity contribution in [1.29, 1.82) is 0 Å². The van der Waals surface area contributed by atoms with E-state index in [2.05, 4.69) is 215 Å². The molecule has 370 valence electrons. The quantitative estimate of drug-likeness (QED) is 0.157. The molecule has 0 bridgehead atoms. The summed E-state index contributed by atoms with van der Waals surface area (Å²) in [6.07, 6.45) is 14.7. The Morgan fingerprint density at radius 1 is 0.514 bits per heavy atom. The molecule has 6 heterocycles. The van der Waals surface area contributed by atoms with Crippen LogP contribution in [0, 0.1) is 0 Å². The number of thiazole rings is 2. The van der Waals surface area contributed by atoms with E-state index in [0.717, 1.165) is 30.9 Å². The standard InChI is InChI=1S/C12H14.C11H13N.C10H12N2.2C7H10N2.2C6H9NS/c1-9(2)11-7-6-10-4-3-5-12(10)8-11;1-8(2)9-3-4-10-6-12-7-11(10)5-9;1-7(2)8-3-4-9-6-11-12-10(9)5-8;1-6(2)7-3-4-8-9-5-7;1-6(2)7-4-3-5-8-9-7;1-5(2)6-3-8-4-7-6;1-5(2)6-3-7-4-8-6/h3,5-9H,4H2,1-2H3;3-5,7-8H,6H2,1-2H3;3-5,7H,6H2,1-2H3;2*3-6H,1-2H3;2*3-5H,1-2H3. The molecule has 0 N–H and O–H groups in total. The summed E-state index contributed by atoms with van der Waals surface area (Å²) in [5.74, 6) is 4.10. The SMILES string of the molecule is CC(C)c1ccc2c(c1)C=CC2.CC(C)c1ccc2c(c1)C=NC2.CC(C)c1ccc2c(c1)N=NC2.CC(C)c1cccnn1.CC(C)c1ccnnc1.CC(C)c1cncs1.CC(C)c1cscn1. The number of fused-ring (bicyclic) bond motifs is 3. The first kappa shape index (κ1) is 56.7. The predicted molar refractivity (Wildman–Crippen MR) is 298 cm³/mol. The number of rotatable bonds is 7. The van der Waals surface area contributed by atoms with Crippen molar-refractivity contribution in [2.75, 3.05) is 0 Å². The normalized spacial score (nSPS) is 12.1. The summed E-state index contributed by atoms with van der Waals surface area (Å²) in [6, 6.07) is 25.8. The molecule has 70 heavy (non-hydrogen) atoms. The fourth-order valence-electron chi connectivity index (χ4n) is 6.74. The van der Waals surface area contributed by atoms with Crippen LogP contribution in [0.1, 0.15) is 205 Å². The lowest BCUT2D eigenvalue weighted by Crippen LogP contribution is -1.92. The zero-order valence-corrected chi connectivity index (χ0v) is 45.8. The highest BCUT2D eigenvalue weighted by atomic mass is 32.1. The van der Waals surface area contributed by atoms with Gasteiger partial charge >= 0.3 is 0 Å². The van der Waals surface area contributed by atoms with Crippen LogP contribution in [0.5, 0.6) is 0 Å². The van der Waals surface area contributed by atoms with Gasteiger partial charge in [0.1, 0.15) is 0 Å². The van der Waals surface area contributed by atoms with Gasteiger partial charge < -0.3 is 0 Å². The third-order valence-electron chi connectivity index (χ3n) is 11.5. The Morgan fingerprint density at radius 3 is 1.64 bits per heavy atom. The van der Waals surface area contributed by atoms with Crippen LogP contribution >= 0.6 is 22.7 Å². The molecule has 2 aliphatic heterocycles. The third-order valence-corrected chi connectivity index (χ3v) is 13.2. The first-order valence-electron chi connectivity index (χ1n) is 24.8. The Bertz CT molecular complexity index is 2370. The van der Waals surface area contributed by atoms with E-state index in [1.807, 2.05) is 41.6 Å². The van der Waals surface area contributed by atoms with Crippen molar-refractivity contribution in [3.8, 4) is 0 Å². The van der Waals surface area contributed by atoms with Crippen LogP contribution in [0.2, 0.25) is 0 Å². The van der Waals surface area contributed by atoms with Crippen molar-refractivity contribution in [1.82, 2.24) is 30.4 Å². The predicted octanol–water partition coefficient (Wildman–Crippen LogP) is 17.3. The summed E-state index contributed by atoms with van der Waals surface area (Å²) in [5.41, 5.74) is 19.3. The smallest absolute Gasteiger partial charge is 0.0906 e. The first-order valence-corrected chi connectivity index (χ1v) is 26.6. The average Bonchev–Trinajstić information content (AvgIpc) is 4.23. The molecule has 4 aromatic heterocycles. The maximum atomic E-state index is 4.23. The molecule has 3 aliphatic rings. The van der Waals surface area contributed by atoms with Gasteiger partial charge in [0.15, 0.2) is 0 Å². The summed E-state index contributed by atoms with van der Waals surface area (Å²) in [7, 11) is 0. The number of aromatic nitrogens is 6. The van der Waals surface area contributed by atoms with E-state index in [-0.39, 0.29) is 0 Å². The van der Waals surface area contributed by atoms with Gasteiger partial charge in [-0.3, -0.25) is 9.98 Å². The van der Waals surface area contributed by atoms with Gasteiger partial charge in [0.25, 0.3) is 0 Å². The van der Waals surface area contributed by atoms with E-state index in [9.17, 15) is 0 Å². The van der Waals surface area contributed by atoms with Crippen molar-refractivity contribution >= 4 is 40.7 Å². The number of aliphatic imine (C=N–C) groups is 1. The first-order chi connectivity index (χ1) is 33.5. The third kappa shape index (κ3) is 19.5. The average molecular weight is 976 g/mol. The molecule has 0 fully saturated rings. The van der Waals surface area contributed by atoms with Gasteiger partial charge in [-0.1, -0.05) is 152 Å². The lowest BCUT2D eigenvalue weighted by Gasteiger charge is -2.07. The monoisotopic (exact) mass is 976 g/mol. The van der Waals surface area contributed by atoms with E-state index < -0.39 is 0 Å². The summed E-state index contributed by atoms with van der Waals surface area (Å²) >= 11 is 3.38. The summed E-state index contributed by atoms with van der Waals surface area (Å²) in [4.78, 5) is 13.7. The van der Waals surface area contributed by atoms with Gasteiger partial charge in [0.05, 0.1) is 47.4 Å². The molecule has 9 nitrogen and oxygen atoms in total. The molecular formula is C59H77N9S2. The molecule has 11 heteroatoms. The minimum absolute atomic E-state index is 0.485. The van der Waals surface area contributed by atoms with Crippen LogP contribution in [0.4, 0.5) is 5.69 Å². The van der Waals surface area contributed by atoms with Crippen LogP contribution in [0.15, 0.2) is 135 Å². The topological polar surface area (TPSA) is 114 Å². The molecule has 0 saturated heterocycles. The minimum Gasteiger partial charge on any atom is -0.288 e. The summed E-state index contributed by atoms with van der Waals surface area (Å²) in [6.45, 7) is 32.0. The second-order valence-corrected chi connectivity index (χ2v) is 21.1. The summed E-state index contributed by atoms with van der Waals surface area (Å²) in [5, 5.41) is 25.2. The van der Waals surface area contributed by atoms with Crippen molar-refractivity contribution in [3.05, 3.63) is 186 Å². The van der Waals surface area contributed by atoms with Crippen LogP contribution in [-0.4, -0.2) is 36.6 Å². The molecule has 0 amide bonds. The highest BCUT2D eigenvalue weighted by Crippen LogP contribution is 2.30. The maximum absolute atomic E-state index is 4.23. The van der Waals surface area contributed by atoms with Crippen LogP contribution in [-0.2, 0) is 19.5 Å². The number of hydrogen-bond acceptors (Lipinski definition) is 11. The molecule has 0 unspecified atom stereocenters. The highest BCUT2D eigenvalue weighted by Gasteiger charge is 2.10. The lowest BCUT2D eigenvalue weighted by molar-refractivity contribution is 0.785. The van der Waals surface area contributed by atoms with Gasteiger partial charge in [0, 0.05) is 40.6 Å². The van der Waals surface area contributed by atoms with Gasteiger partial charge in [-0.2, -0.15) is 30.6 Å². The van der Waals surface area contributed by atoms with E-state index in [4.69, 9.17) is 0 Å². The van der Waals surface area contributed by atoms with Gasteiger partial charge in [-0.15, -0.1) is 22.7 Å². The van der Waals surface area contributed by atoms with Crippen molar-refractivity contribution in [3.63, 3.8) is 0 Å². The Labute approximate surface area is 428 Å². The molecule has 0 saturated carbocycles. The van der Waals surface area contributed by atoms with E-state index in [0.29, 0.717) is 41.4 Å². The van der Waals surface area contributed by atoms with Crippen LogP contribution < -0.4 is 0 Å². The number of azo groups is 1.